The predicted octanol–water partition coefficient (Wildman–Crippen LogP) is 2.50. The number of carbonyl (C=O) groups is 1. The van der Waals surface area contributed by atoms with Gasteiger partial charge in [0.25, 0.3) is 0 Å². The van der Waals surface area contributed by atoms with Crippen molar-refractivity contribution in [3.8, 4) is 0 Å². The first-order chi connectivity index (χ1) is 8.68. The van der Waals surface area contributed by atoms with Crippen molar-refractivity contribution in [2.45, 2.75) is 44.6 Å². The van der Waals surface area contributed by atoms with Gasteiger partial charge in [-0.2, -0.15) is 0 Å². The van der Waals surface area contributed by atoms with Crippen molar-refractivity contribution in [2.75, 3.05) is 11.1 Å². The zero-order chi connectivity index (χ0) is 13.0. The highest BCUT2D eigenvalue weighted by Gasteiger charge is 2.16. The lowest BCUT2D eigenvalue weighted by Crippen LogP contribution is -2.20. The van der Waals surface area contributed by atoms with Gasteiger partial charge in [-0.15, -0.1) is 0 Å². The van der Waals surface area contributed by atoms with Gasteiger partial charge in [-0.25, -0.2) is 9.78 Å². The molecule has 0 aromatic carbocycles. The van der Waals surface area contributed by atoms with E-state index in [1.54, 1.807) is 0 Å². The molecule has 0 unspecified atom stereocenters. The van der Waals surface area contributed by atoms with E-state index in [1.807, 2.05) is 0 Å². The summed E-state index contributed by atoms with van der Waals surface area (Å²) < 4.78 is 0. The Hall–Kier alpha value is -1.78. The summed E-state index contributed by atoms with van der Waals surface area (Å²) in [5, 5.41) is 12.3. The van der Waals surface area contributed by atoms with E-state index in [-0.39, 0.29) is 11.3 Å². The minimum absolute atomic E-state index is 0.112. The highest BCUT2D eigenvalue weighted by molar-refractivity contribution is 5.96. The van der Waals surface area contributed by atoms with Gasteiger partial charge in [0, 0.05) is 12.2 Å². The third-order valence-electron chi connectivity index (χ3n) is 3.42. The monoisotopic (exact) mass is 249 g/mol. The Kier molecular flexibility index (Phi) is 4.02. The predicted molar refractivity (Wildman–Crippen MR) is 70.7 cm³/mol. The molecule has 1 aromatic rings. The maximum Gasteiger partial charge on any atom is 0.337 e. The fourth-order valence-electron chi connectivity index (χ4n) is 2.39. The molecular weight excluding hydrogens is 230 g/mol. The summed E-state index contributed by atoms with van der Waals surface area (Å²) in [5.74, 6) is -0.513. The number of nitrogens with one attached hydrogen (secondary N) is 1. The Balaban J connectivity index is 2.13. The highest BCUT2D eigenvalue weighted by Crippen LogP contribution is 2.25. The Labute approximate surface area is 106 Å². The van der Waals surface area contributed by atoms with Crippen LogP contribution in [-0.2, 0) is 0 Å². The van der Waals surface area contributed by atoms with E-state index in [9.17, 15) is 4.79 Å². The third kappa shape index (κ3) is 2.91. The molecule has 1 heterocycles. The van der Waals surface area contributed by atoms with Crippen LogP contribution >= 0.6 is 0 Å². The number of carboxylic acids is 1. The third-order valence-corrected chi connectivity index (χ3v) is 3.42. The van der Waals surface area contributed by atoms with E-state index in [1.165, 1.54) is 37.9 Å². The smallest absolute Gasteiger partial charge is 0.337 e. The number of aromatic carboxylic acids is 1. The molecule has 1 aliphatic carbocycles. The van der Waals surface area contributed by atoms with Crippen LogP contribution in [0.15, 0.2) is 12.3 Å². The second-order valence-electron chi connectivity index (χ2n) is 4.76. The fourth-order valence-corrected chi connectivity index (χ4v) is 2.39. The number of carboxylic acid groups (broad SMARTS) is 1. The molecule has 1 aliphatic rings. The van der Waals surface area contributed by atoms with Gasteiger partial charge in [-0.1, -0.05) is 25.7 Å². The summed E-state index contributed by atoms with van der Waals surface area (Å²) in [7, 11) is 0. The van der Waals surface area contributed by atoms with Crippen LogP contribution in [0.1, 0.15) is 48.9 Å². The Morgan fingerprint density at radius 1 is 1.33 bits per heavy atom. The van der Waals surface area contributed by atoms with Gasteiger partial charge in [0.05, 0.1) is 11.3 Å². The van der Waals surface area contributed by atoms with Crippen molar-refractivity contribution in [3.63, 3.8) is 0 Å². The topological polar surface area (TPSA) is 88.2 Å². The van der Waals surface area contributed by atoms with Crippen molar-refractivity contribution >= 4 is 17.5 Å². The van der Waals surface area contributed by atoms with Gasteiger partial charge in [-0.05, 0) is 18.9 Å². The number of rotatable bonds is 3. The van der Waals surface area contributed by atoms with Gasteiger partial charge >= 0.3 is 5.97 Å². The van der Waals surface area contributed by atoms with Crippen LogP contribution < -0.4 is 11.1 Å². The van der Waals surface area contributed by atoms with Gasteiger partial charge < -0.3 is 16.2 Å². The molecule has 4 N–H and O–H groups in total. The summed E-state index contributed by atoms with van der Waals surface area (Å²) in [6, 6.07) is 1.78. The minimum Gasteiger partial charge on any atom is -0.478 e. The number of nitrogens with zero attached hydrogens (tertiary/aromatic N) is 1. The first-order valence-corrected chi connectivity index (χ1v) is 6.43. The standard InChI is InChI=1S/C13H19N3O2/c14-11-10(13(17)18)7-8-15-12(11)16-9-5-3-1-2-4-6-9/h7-9H,1-6,14H2,(H,15,16)(H,17,18). The van der Waals surface area contributed by atoms with E-state index in [0.717, 1.165) is 12.8 Å². The number of nitrogen functional groups attached to an aromatic ring is 1. The van der Waals surface area contributed by atoms with Crippen LogP contribution in [0.5, 0.6) is 0 Å². The largest absolute Gasteiger partial charge is 0.478 e. The molecule has 0 saturated heterocycles. The lowest BCUT2D eigenvalue weighted by atomic mass is 10.1. The molecule has 0 spiro atoms. The van der Waals surface area contributed by atoms with E-state index in [4.69, 9.17) is 10.8 Å². The number of hydrogen-bond acceptors (Lipinski definition) is 4. The van der Waals surface area contributed by atoms with Crippen molar-refractivity contribution in [1.82, 2.24) is 4.98 Å². The van der Waals surface area contributed by atoms with Crippen molar-refractivity contribution in [1.29, 1.82) is 0 Å². The molecular formula is C13H19N3O2. The molecule has 98 valence electrons. The summed E-state index contributed by atoms with van der Waals surface area (Å²) in [6.07, 6.45) is 8.63. The average molecular weight is 249 g/mol. The molecule has 0 bridgehead atoms. The second kappa shape index (κ2) is 5.71. The Bertz CT molecular complexity index is 426. The number of nitrogens with two attached hydrogens (primary N) is 1. The molecule has 0 aliphatic heterocycles. The zero-order valence-corrected chi connectivity index (χ0v) is 10.4. The lowest BCUT2D eigenvalue weighted by Gasteiger charge is -2.18. The van der Waals surface area contributed by atoms with Crippen LogP contribution in [0.25, 0.3) is 0 Å². The summed E-state index contributed by atoms with van der Waals surface area (Å²) >= 11 is 0. The van der Waals surface area contributed by atoms with E-state index in [0.29, 0.717) is 11.9 Å². The van der Waals surface area contributed by atoms with E-state index in [2.05, 4.69) is 10.3 Å². The maximum absolute atomic E-state index is 11.0. The number of pyridine rings is 1. The van der Waals surface area contributed by atoms with Gasteiger partial charge in [0.2, 0.25) is 0 Å². The van der Waals surface area contributed by atoms with Crippen LogP contribution in [0.2, 0.25) is 0 Å². The highest BCUT2D eigenvalue weighted by atomic mass is 16.4. The lowest BCUT2D eigenvalue weighted by molar-refractivity contribution is 0.0698. The first kappa shape index (κ1) is 12.7. The molecule has 0 atom stereocenters. The fraction of sp³-hybridized carbons (Fsp3) is 0.538. The summed E-state index contributed by atoms with van der Waals surface area (Å²) in [6.45, 7) is 0. The van der Waals surface area contributed by atoms with Gasteiger partial charge in [0.1, 0.15) is 5.82 Å². The molecule has 0 radical (unpaired) electrons. The Morgan fingerprint density at radius 2 is 2.00 bits per heavy atom. The SMILES string of the molecule is Nc1c(C(=O)O)ccnc1NC1CCCCCC1. The van der Waals surface area contributed by atoms with Crippen LogP contribution in [0, 0.1) is 0 Å². The molecule has 1 aromatic heterocycles. The van der Waals surface area contributed by atoms with Crippen LogP contribution in [0.4, 0.5) is 11.5 Å². The zero-order valence-electron chi connectivity index (χ0n) is 10.4. The van der Waals surface area contributed by atoms with Crippen molar-refractivity contribution < 1.29 is 9.90 Å². The molecule has 18 heavy (non-hydrogen) atoms. The van der Waals surface area contributed by atoms with Gasteiger partial charge in [-0.3, -0.25) is 0 Å². The molecule has 1 saturated carbocycles. The molecule has 0 amide bonds. The van der Waals surface area contributed by atoms with E-state index < -0.39 is 5.97 Å². The van der Waals surface area contributed by atoms with Crippen LogP contribution in [-0.4, -0.2) is 22.1 Å². The van der Waals surface area contributed by atoms with Crippen LogP contribution in [0.3, 0.4) is 0 Å². The van der Waals surface area contributed by atoms with Crippen molar-refractivity contribution in [2.24, 2.45) is 0 Å². The number of aromatic nitrogens is 1. The minimum atomic E-state index is -1.01. The molecule has 2 rings (SSSR count). The quantitative estimate of drug-likeness (QED) is 0.716. The first-order valence-electron chi connectivity index (χ1n) is 6.43. The Morgan fingerprint density at radius 3 is 2.61 bits per heavy atom. The van der Waals surface area contributed by atoms with E-state index >= 15 is 0 Å². The molecule has 1 fully saturated rings. The molecule has 5 heteroatoms. The average Bonchev–Trinajstić information content (AvgIpc) is 2.60. The maximum atomic E-state index is 11.0. The number of hydrogen-bond donors (Lipinski definition) is 3. The summed E-state index contributed by atoms with van der Waals surface area (Å²) in [4.78, 5) is 15.1. The molecule has 5 nitrogen and oxygen atoms in total. The normalized spacial score (nSPS) is 17.1. The second-order valence-corrected chi connectivity index (χ2v) is 4.76. The van der Waals surface area contributed by atoms with Crippen molar-refractivity contribution in [3.05, 3.63) is 17.8 Å². The number of anilines is 2. The summed E-state index contributed by atoms with van der Waals surface area (Å²) in [5.41, 5.74) is 6.18. The van der Waals surface area contributed by atoms with Gasteiger partial charge in [0.15, 0.2) is 0 Å².